The largest absolute Gasteiger partial charge is 0.374 e. The van der Waals surface area contributed by atoms with Gasteiger partial charge in [0.2, 0.25) is 0 Å². The van der Waals surface area contributed by atoms with Gasteiger partial charge in [-0.1, -0.05) is 11.4 Å². The molecule has 1 N–H and O–H groups in total. The van der Waals surface area contributed by atoms with Crippen LogP contribution in [-0.2, 0) is 6.54 Å². The Morgan fingerprint density at radius 1 is 1.30 bits per heavy atom. The van der Waals surface area contributed by atoms with Gasteiger partial charge >= 0.3 is 0 Å². The lowest BCUT2D eigenvalue weighted by molar-refractivity contribution is 0.229. The van der Waals surface area contributed by atoms with Gasteiger partial charge in [-0.15, -0.1) is 5.10 Å². The first-order chi connectivity index (χ1) is 9.86. The maximum atomic E-state index is 4.31. The SMILES string of the molecule is CCCNc1snnc1CN1CCC(N2CCCC2)C1. The third-order valence-corrected chi connectivity index (χ3v) is 5.10. The van der Waals surface area contributed by atoms with E-state index in [-0.39, 0.29) is 0 Å². The third kappa shape index (κ3) is 3.30. The van der Waals surface area contributed by atoms with E-state index in [0.29, 0.717) is 0 Å². The summed E-state index contributed by atoms with van der Waals surface area (Å²) in [7, 11) is 0. The maximum absolute atomic E-state index is 4.31. The molecule has 6 heteroatoms. The van der Waals surface area contributed by atoms with Crippen molar-refractivity contribution in [1.29, 1.82) is 0 Å². The second kappa shape index (κ2) is 6.83. The fraction of sp³-hybridized carbons (Fsp3) is 0.857. The molecule has 5 nitrogen and oxygen atoms in total. The van der Waals surface area contributed by atoms with Crippen molar-refractivity contribution in [2.24, 2.45) is 0 Å². The summed E-state index contributed by atoms with van der Waals surface area (Å²) in [6, 6.07) is 0.774. The Bertz CT molecular complexity index is 415. The maximum Gasteiger partial charge on any atom is 0.134 e. The molecule has 0 radical (unpaired) electrons. The van der Waals surface area contributed by atoms with Crippen molar-refractivity contribution >= 4 is 16.5 Å². The highest BCUT2D eigenvalue weighted by atomic mass is 32.1. The number of nitrogens with zero attached hydrogens (tertiary/aromatic N) is 4. The van der Waals surface area contributed by atoms with Gasteiger partial charge in [0.15, 0.2) is 0 Å². The summed E-state index contributed by atoms with van der Waals surface area (Å²) in [4.78, 5) is 5.21. The third-order valence-electron chi connectivity index (χ3n) is 4.37. The fourth-order valence-corrected chi connectivity index (χ4v) is 3.86. The number of anilines is 1. The molecule has 0 spiro atoms. The van der Waals surface area contributed by atoms with E-state index in [0.717, 1.165) is 36.2 Å². The van der Waals surface area contributed by atoms with Gasteiger partial charge in [-0.25, -0.2) is 0 Å². The van der Waals surface area contributed by atoms with Crippen LogP contribution in [0.15, 0.2) is 0 Å². The Hall–Kier alpha value is -0.720. The molecule has 2 aliphatic rings. The van der Waals surface area contributed by atoms with E-state index >= 15 is 0 Å². The first kappa shape index (κ1) is 14.2. The van der Waals surface area contributed by atoms with Gasteiger partial charge in [0, 0.05) is 43.8 Å². The lowest BCUT2D eigenvalue weighted by atomic mass is 10.2. The minimum Gasteiger partial charge on any atom is -0.374 e. The van der Waals surface area contributed by atoms with Crippen molar-refractivity contribution in [3.8, 4) is 0 Å². The second-order valence-corrected chi connectivity index (χ2v) is 6.65. The number of hydrogen-bond acceptors (Lipinski definition) is 6. The number of likely N-dealkylation sites (tertiary alicyclic amines) is 2. The van der Waals surface area contributed by atoms with Crippen LogP contribution in [0.4, 0.5) is 5.00 Å². The predicted molar refractivity (Wildman–Crippen MR) is 83.2 cm³/mol. The van der Waals surface area contributed by atoms with Crippen molar-refractivity contribution in [3.63, 3.8) is 0 Å². The van der Waals surface area contributed by atoms with Crippen LogP contribution in [0.5, 0.6) is 0 Å². The van der Waals surface area contributed by atoms with Gasteiger partial charge in [0.05, 0.1) is 0 Å². The molecule has 0 aromatic carbocycles. The average Bonchev–Trinajstić information content (AvgIpc) is 3.18. The molecular weight excluding hydrogens is 270 g/mol. The smallest absolute Gasteiger partial charge is 0.134 e. The summed E-state index contributed by atoms with van der Waals surface area (Å²) >= 11 is 1.49. The van der Waals surface area contributed by atoms with Crippen molar-refractivity contribution in [1.82, 2.24) is 19.4 Å². The molecule has 2 saturated heterocycles. The molecule has 1 unspecified atom stereocenters. The zero-order chi connectivity index (χ0) is 13.8. The molecule has 20 heavy (non-hydrogen) atoms. The van der Waals surface area contributed by atoms with E-state index in [2.05, 4.69) is 31.6 Å². The summed E-state index contributed by atoms with van der Waals surface area (Å²) in [5.41, 5.74) is 1.13. The van der Waals surface area contributed by atoms with Crippen LogP contribution in [-0.4, -0.2) is 58.2 Å². The van der Waals surface area contributed by atoms with Crippen molar-refractivity contribution in [3.05, 3.63) is 5.69 Å². The molecule has 3 rings (SSSR count). The molecule has 0 bridgehead atoms. The molecule has 2 fully saturated rings. The zero-order valence-electron chi connectivity index (χ0n) is 12.3. The minimum absolute atomic E-state index is 0.774. The van der Waals surface area contributed by atoms with Crippen LogP contribution < -0.4 is 5.32 Å². The number of aromatic nitrogens is 2. The number of nitrogens with one attached hydrogen (secondary N) is 1. The molecular formula is C14H25N5S. The lowest BCUT2D eigenvalue weighted by Crippen LogP contribution is -2.35. The quantitative estimate of drug-likeness (QED) is 0.870. The Balaban J connectivity index is 1.52. The first-order valence-corrected chi connectivity index (χ1v) is 8.65. The van der Waals surface area contributed by atoms with Crippen LogP contribution in [0.3, 0.4) is 0 Å². The summed E-state index contributed by atoms with van der Waals surface area (Å²) < 4.78 is 4.11. The first-order valence-electron chi connectivity index (χ1n) is 7.88. The summed E-state index contributed by atoms with van der Waals surface area (Å²) in [5, 5.41) is 8.91. The molecule has 0 aliphatic carbocycles. The lowest BCUT2D eigenvalue weighted by Gasteiger charge is -2.23. The van der Waals surface area contributed by atoms with Gasteiger partial charge in [0.1, 0.15) is 10.7 Å². The van der Waals surface area contributed by atoms with E-state index in [1.807, 2.05) is 0 Å². The molecule has 0 amide bonds. The van der Waals surface area contributed by atoms with Crippen LogP contribution in [0.2, 0.25) is 0 Å². The molecule has 3 heterocycles. The molecule has 1 aromatic heterocycles. The summed E-state index contributed by atoms with van der Waals surface area (Å²) in [6.45, 7) is 9.15. The van der Waals surface area contributed by atoms with Gasteiger partial charge in [-0.2, -0.15) is 0 Å². The van der Waals surface area contributed by atoms with Crippen molar-refractivity contribution in [2.75, 3.05) is 38.0 Å². The van der Waals surface area contributed by atoms with Crippen molar-refractivity contribution in [2.45, 2.75) is 45.2 Å². The number of rotatable bonds is 6. The number of hydrogen-bond donors (Lipinski definition) is 1. The Kier molecular flexibility index (Phi) is 4.86. The normalized spacial score (nSPS) is 24.6. The van der Waals surface area contributed by atoms with Crippen LogP contribution in [0.25, 0.3) is 0 Å². The molecule has 1 atom stereocenters. The van der Waals surface area contributed by atoms with Crippen LogP contribution in [0.1, 0.15) is 38.3 Å². The molecule has 1 aromatic rings. The van der Waals surface area contributed by atoms with Crippen LogP contribution >= 0.6 is 11.5 Å². The van der Waals surface area contributed by atoms with Gasteiger partial charge < -0.3 is 5.32 Å². The topological polar surface area (TPSA) is 44.3 Å². The average molecular weight is 295 g/mol. The van der Waals surface area contributed by atoms with E-state index < -0.39 is 0 Å². The molecule has 0 saturated carbocycles. The van der Waals surface area contributed by atoms with E-state index in [4.69, 9.17) is 0 Å². The highest BCUT2D eigenvalue weighted by Gasteiger charge is 2.29. The Morgan fingerprint density at radius 2 is 2.15 bits per heavy atom. The van der Waals surface area contributed by atoms with Crippen molar-refractivity contribution < 1.29 is 0 Å². The highest BCUT2D eigenvalue weighted by Crippen LogP contribution is 2.24. The highest BCUT2D eigenvalue weighted by molar-refractivity contribution is 7.10. The fourth-order valence-electron chi connectivity index (χ4n) is 3.26. The summed E-state index contributed by atoms with van der Waals surface area (Å²) in [5.74, 6) is 0. The molecule has 2 aliphatic heterocycles. The van der Waals surface area contributed by atoms with Crippen LogP contribution in [0, 0.1) is 0 Å². The van der Waals surface area contributed by atoms with E-state index in [9.17, 15) is 0 Å². The van der Waals surface area contributed by atoms with Gasteiger partial charge in [-0.05, 0) is 38.8 Å². The Morgan fingerprint density at radius 3 is 2.95 bits per heavy atom. The minimum atomic E-state index is 0.774. The monoisotopic (exact) mass is 295 g/mol. The standard InChI is InChI=1S/C14H25N5S/c1-2-6-15-14-13(16-17-20-14)11-18-9-5-12(10-18)19-7-3-4-8-19/h12,15H,2-11H2,1H3. The van der Waals surface area contributed by atoms with E-state index in [1.54, 1.807) is 0 Å². The zero-order valence-corrected chi connectivity index (χ0v) is 13.2. The Labute approximate surface area is 125 Å². The second-order valence-electron chi connectivity index (χ2n) is 5.90. The van der Waals surface area contributed by atoms with Gasteiger partial charge in [0.25, 0.3) is 0 Å². The molecule has 112 valence electrons. The predicted octanol–water partition coefficient (Wildman–Crippen LogP) is 2.03. The van der Waals surface area contributed by atoms with E-state index in [1.165, 1.54) is 57.0 Å². The summed E-state index contributed by atoms with van der Waals surface area (Å²) in [6.07, 6.45) is 5.22. The van der Waals surface area contributed by atoms with Gasteiger partial charge in [-0.3, -0.25) is 9.80 Å².